The van der Waals surface area contributed by atoms with E-state index in [1.54, 1.807) is 5.19 Å². The van der Waals surface area contributed by atoms with E-state index in [0.29, 0.717) is 0 Å². The smallest absolute Gasteiger partial charge is 0.0748 e. The van der Waals surface area contributed by atoms with E-state index >= 15 is 0 Å². The van der Waals surface area contributed by atoms with Crippen molar-refractivity contribution in [1.82, 2.24) is 0 Å². The zero-order valence-corrected chi connectivity index (χ0v) is 13.3. The number of hydrogen-bond acceptors (Lipinski definition) is 0. The van der Waals surface area contributed by atoms with Crippen molar-refractivity contribution in [2.24, 2.45) is 0 Å². The summed E-state index contributed by atoms with van der Waals surface area (Å²) in [5, 5.41) is 1.62. The molecule has 90 valence electrons. The molecule has 0 saturated heterocycles. The van der Waals surface area contributed by atoms with Gasteiger partial charge in [0.05, 0.1) is 15.2 Å². The van der Waals surface area contributed by atoms with Crippen LogP contribution in [0.5, 0.6) is 0 Å². The lowest BCUT2D eigenvalue weighted by Crippen LogP contribution is -2.64. The van der Waals surface area contributed by atoms with Crippen molar-refractivity contribution >= 4 is 20.4 Å². The molecule has 0 heterocycles. The Balaban J connectivity index is 2.37. The number of hydrogen-bond donors (Lipinski definition) is 0. The van der Waals surface area contributed by atoms with Gasteiger partial charge in [-0.2, -0.15) is 0 Å². The van der Waals surface area contributed by atoms with Gasteiger partial charge in [-0.1, -0.05) is 86.0 Å². The molecule has 0 N–H and O–H groups in total. The molecule has 1 aromatic carbocycles. The van der Waals surface area contributed by atoms with Gasteiger partial charge in [0.1, 0.15) is 0 Å². The van der Waals surface area contributed by atoms with E-state index in [4.69, 9.17) is 0 Å². The van der Waals surface area contributed by atoms with E-state index in [1.165, 1.54) is 0 Å². The lowest BCUT2D eigenvalue weighted by atomic mass is 10.4. The second-order valence-electron chi connectivity index (χ2n) is 6.01. The number of rotatable bonds is 3. The van der Waals surface area contributed by atoms with Crippen molar-refractivity contribution in [2.45, 2.75) is 31.7 Å². The fourth-order valence-electron chi connectivity index (χ4n) is 2.56. The summed E-state index contributed by atoms with van der Waals surface area (Å²) in [7, 11) is -2.61. The van der Waals surface area contributed by atoms with Gasteiger partial charge < -0.3 is 0 Å². The zero-order valence-electron chi connectivity index (χ0n) is 11.3. The van der Waals surface area contributed by atoms with Gasteiger partial charge in [0.2, 0.25) is 0 Å². The average Bonchev–Trinajstić information content (AvgIpc) is 2.84. The van der Waals surface area contributed by atoms with Gasteiger partial charge >= 0.3 is 0 Å². The van der Waals surface area contributed by atoms with Crippen molar-refractivity contribution in [2.75, 3.05) is 0 Å². The van der Waals surface area contributed by atoms with Gasteiger partial charge in [-0.25, -0.2) is 0 Å². The van der Waals surface area contributed by atoms with Crippen molar-refractivity contribution < 1.29 is 0 Å². The molecular formula is C15H22Si2. The molecule has 2 rings (SSSR count). The van der Waals surface area contributed by atoms with Crippen LogP contribution >= 0.6 is 0 Å². The van der Waals surface area contributed by atoms with Crippen molar-refractivity contribution in [3.8, 4) is 0 Å². The van der Waals surface area contributed by atoms with Crippen molar-refractivity contribution in [3.05, 3.63) is 54.6 Å². The summed E-state index contributed by atoms with van der Waals surface area (Å²) in [5.41, 5.74) is 0.726. The molecule has 0 nitrogen and oxygen atoms in total. The summed E-state index contributed by atoms with van der Waals surface area (Å²) in [6, 6.07) is 11.2. The highest BCUT2D eigenvalue weighted by atomic mass is 29.3. The number of benzene rings is 1. The molecule has 0 bridgehead atoms. The Kier molecular flexibility index (Phi) is 3.28. The van der Waals surface area contributed by atoms with Gasteiger partial charge in [-0.3, -0.25) is 0 Å². The molecule has 1 aliphatic rings. The lowest BCUT2D eigenvalue weighted by Gasteiger charge is -2.42. The third kappa shape index (κ3) is 2.11. The zero-order chi connectivity index (χ0) is 12.5. The topological polar surface area (TPSA) is 0 Å². The molecule has 0 spiro atoms. The van der Waals surface area contributed by atoms with Crippen LogP contribution in [0.15, 0.2) is 54.6 Å². The van der Waals surface area contributed by atoms with Gasteiger partial charge in [0.15, 0.2) is 0 Å². The van der Waals surface area contributed by atoms with E-state index in [2.05, 4.69) is 80.8 Å². The minimum absolute atomic E-state index is 0.726. The SMILES string of the molecule is C[Si](C)(c1ccccc1)[Si](C)(C)C1C=CC=C1. The van der Waals surface area contributed by atoms with Crippen molar-refractivity contribution in [3.63, 3.8) is 0 Å². The van der Waals surface area contributed by atoms with Crippen LogP contribution in [0.25, 0.3) is 0 Å². The Morgan fingerprint density at radius 1 is 0.824 bits per heavy atom. The molecule has 0 saturated carbocycles. The van der Waals surface area contributed by atoms with E-state index < -0.39 is 15.2 Å². The number of allylic oxidation sites excluding steroid dienone is 4. The lowest BCUT2D eigenvalue weighted by molar-refractivity contribution is 1.32. The Bertz CT molecular complexity index is 429. The van der Waals surface area contributed by atoms with Crippen LogP contribution in [-0.4, -0.2) is 15.2 Å². The Morgan fingerprint density at radius 2 is 1.35 bits per heavy atom. The first-order valence-corrected chi connectivity index (χ1v) is 13.4. The monoisotopic (exact) mass is 258 g/mol. The first-order valence-electron chi connectivity index (χ1n) is 6.37. The average molecular weight is 259 g/mol. The maximum atomic E-state index is 2.57. The molecule has 0 radical (unpaired) electrons. The summed E-state index contributed by atoms with van der Waals surface area (Å²) in [4.78, 5) is 0. The fraction of sp³-hybridized carbons (Fsp3) is 0.333. The summed E-state index contributed by atoms with van der Waals surface area (Å²) >= 11 is 0. The third-order valence-electron chi connectivity index (χ3n) is 4.69. The van der Waals surface area contributed by atoms with Crippen LogP contribution in [0.2, 0.25) is 31.7 Å². The predicted molar refractivity (Wildman–Crippen MR) is 83.1 cm³/mol. The molecule has 1 aromatic rings. The summed E-state index contributed by atoms with van der Waals surface area (Å²) in [6.45, 7) is 10.2. The Hall–Kier alpha value is -0.866. The molecule has 0 aromatic heterocycles. The first-order chi connectivity index (χ1) is 7.96. The maximum absolute atomic E-state index is 2.57. The minimum Gasteiger partial charge on any atom is -0.0806 e. The van der Waals surface area contributed by atoms with E-state index in [-0.39, 0.29) is 0 Å². The Morgan fingerprint density at radius 3 is 1.88 bits per heavy atom. The highest BCUT2D eigenvalue weighted by Gasteiger charge is 2.46. The maximum Gasteiger partial charge on any atom is 0.0748 e. The normalized spacial score (nSPS) is 16.7. The molecule has 2 heteroatoms. The van der Waals surface area contributed by atoms with E-state index in [1.807, 2.05) is 0 Å². The fourth-order valence-corrected chi connectivity index (χ4v) is 12.2. The first kappa shape index (κ1) is 12.6. The Labute approximate surface area is 107 Å². The summed E-state index contributed by atoms with van der Waals surface area (Å²) in [6.07, 6.45) is 9.25. The van der Waals surface area contributed by atoms with Gasteiger partial charge in [-0.15, -0.1) is 0 Å². The highest BCUT2D eigenvalue weighted by molar-refractivity contribution is 7.46. The van der Waals surface area contributed by atoms with Gasteiger partial charge in [0.25, 0.3) is 0 Å². The minimum atomic E-state index is -1.34. The predicted octanol–water partition coefficient (Wildman–Crippen LogP) is 3.89. The molecule has 0 atom stereocenters. The quantitative estimate of drug-likeness (QED) is 0.722. The molecule has 0 amide bonds. The molecule has 0 unspecified atom stereocenters. The van der Waals surface area contributed by atoms with Crippen molar-refractivity contribution in [1.29, 1.82) is 0 Å². The van der Waals surface area contributed by atoms with E-state index in [9.17, 15) is 0 Å². The second kappa shape index (κ2) is 4.43. The van der Waals surface area contributed by atoms with Crippen LogP contribution in [0.3, 0.4) is 0 Å². The van der Waals surface area contributed by atoms with Crippen LogP contribution in [-0.2, 0) is 0 Å². The van der Waals surface area contributed by atoms with Gasteiger partial charge in [0, 0.05) is 0 Å². The van der Waals surface area contributed by atoms with Gasteiger partial charge in [-0.05, 0) is 5.54 Å². The summed E-state index contributed by atoms with van der Waals surface area (Å²) in [5.74, 6) is 0. The highest BCUT2D eigenvalue weighted by Crippen LogP contribution is 2.35. The summed E-state index contributed by atoms with van der Waals surface area (Å²) < 4.78 is 0. The molecular weight excluding hydrogens is 236 g/mol. The van der Waals surface area contributed by atoms with Crippen LogP contribution in [0, 0.1) is 0 Å². The standard InChI is InChI=1S/C15H22Si2/c1-16(2,14-10-6-5-7-11-14)17(3,4)15-12-8-9-13-15/h5-13,15H,1-4H3. The third-order valence-corrected chi connectivity index (χ3v) is 23.3. The molecule has 1 aliphatic carbocycles. The second-order valence-corrected chi connectivity index (χ2v) is 21.6. The molecule has 0 fully saturated rings. The molecule has 0 aliphatic heterocycles. The van der Waals surface area contributed by atoms with E-state index in [0.717, 1.165) is 5.54 Å². The van der Waals surface area contributed by atoms with Crippen LogP contribution in [0.1, 0.15) is 0 Å². The largest absolute Gasteiger partial charge is 0.0806 e. The van der Waals surface area contributed by atoms with Crippen LogP contribution in [0.4, 0.5) is 0 Å². The van der Waals surface area contributed by atoms with Crippen LogP contribution < -0.4 is 5.19 Å². The molecule has 17 heavy (non-hydrogen) atoms.